The number of benzene rings is 1. The number of para-hydroxylation sites is 1. The van der Waals surface area contributed by atoms with Crippen LogP contribution in [0.4, 0.5) is 0 Å². The van der Waals surface area contributed by atoms with Crippen LogP contribution in [-0.2, 0) is 13.5 Å². The maximum Gasteiger partial charge on any atom is 0.0706 e. The Kier molecular flexibility index (Phi) is 3.92. The summed E-state index contributed by atoms with van der Waals surface area (Å²) in [6, 6.07) is 8.57. The van der Waals surface area contributed by atoms with Crippen LogP contribution in [0.25, 0.3) is 10.9 Å². The second-order valence-electron chi connectivity index (χ2n) is 5.75. The molecule has 1 aliphatic rings. The minimum atomic E-state index is 0.737. The zero-order chi connectivity index (χ0) is 13.2. The fourth-order valence-electron chi connectivity index (χ4n) is 3.46. The van der Waals surface area contributed by atoms with Crippen molar-refractivity contribution in [2.24, 2.45) is 18.9 Å². The highest BCUT2D eigenvalue weighted by molar-refractivity contribution is 9.09. The molecule has 3 rings (SSSR count). The standard InChI is InChI=1S/C16H21BrN2/c1-19-16-9-5-4-8-14(16)15(18-19)10-13(11-17)12-6-2-3-7-12/h4-5,8-9,12-13H,2-3,6-7,10-11H2,1H3. The van der Waals surface area contributed by atoms with Crippen LogP contribution in [-0.4, -0.2) is 15.1 Å². The predicted octanol–water partition coefficient (Wildman–Crippen LogP) is 4.32. The highest BCUT2D eigenvalue weighted by atomic mass is 79.9. The third-order valence-electron chi connectivity index (χ3n) is 4.55. The molecule has 2 nitrogen and oxygen atoms in total. The molecule has 102 valence electrons. The first-order valence-electron chi connectivity index (χ1n) is 7.26. The molecule has 0 saturated heterocycles. The third kappa shape index (κ3) is 2.58. The Morgan fingerprint density at radius 2 is 2.05 bits per heavy atom. The maximum atomic E-state index is 4.74. The summed E-state index contributed by atoms with van der Waals surface area (Å²) in [7, 11) is 2.05. The number of rotatable bonds is 4. The summed E-state index contributed by atoms with van der Waals surface area (Å²) in [6.07, 6.45) is 6.74. The van der Waals surface area contributed by atoms with Gasteiger partial charge in [-0.25, -0.2) is 0 Å². The van der Waals surface area contributed by atoms with E-state index in [1.54, 1.807) is 0 Å². The molecule has 2 aromatic rings. The molecule has 1 aromatic heterocycles. The summed E-state index contributed by atoms with van der Waals surface area (Å²) in [5.41, 5.74) is 2.52. The molecule has 0 spiro atoms. The summed E-state index contributed by atoms with van der Waals surface area (Å²) in [6.45, 7) is 0. The molecule has 0 aliphatic heterocycles. The van der Waals surface area contributed by atoms with Gasteiger partial charge in [0.2, 0.25) is 0 Å². The maximum absolute atomic E-state index is 4.74. The predicted molar refractivity (Wildman–Crippen MR) is 83.7 cm³/mol. The molecule has 0 amide bonds. The Balaban J connectivity index is 1.87. The minimum absolute atomic E-state index is 0.737. The number of halogens is 1. The summed E-state index contributed by atoms with van der Waals surface area (Å²) in [5, 5.41) is 7.17. The van der Waals surface area contributed by atoms with E-state index in [1.165, 1.54) is 42.3 Å². The van der Waals surface area contributed by atoms with Crippen molar-refractivity contribution in [3.05, 3.63) is 30.0 Å². The molecule has 1 unspecified atom stereocenters. The fraction of sp³-hybridized carbons (Fsp3) is 0.562. The van der Waals surface area contributed by atoms with Gasteiger partial charge in [-0.3, -0.25) is 4.68 Å². The molecule has 0 N–H and O–H groups in total. The topological polar surface area (TPSA) is 17.8 Å². The Labute approximate surface area is 123 Å². The second-order valence-corrected chi connectivity index (χ2v) is 6.40. The van der Waals surface area contributed by atoms with Crippen LogP contribution in [0.15, 0.2) is 24.3 Å². The van der Waals surface area contributed by atoms with Crippen molar-refractivity contribution < 1.29 is 0 Å². The summed E-state index contributed by atoms with van der Waals surface area (Å²) < 4.78 is 2.02. The number of fused-ring (bicyclic) bond motifs is 1. The Bertz CT molecular complexity index is 555. The minimum Gasteiger partial charge on any atom is -0.268 e. The third-order valence-corrected chi connectivity index (χ3v) is 5.39. The van der Waals surface area contributed by atoms with Gasteiger partial charge >= 0.3 is 0 Å². The SMILES string of the molecule is Cn1nc(CC(CBr)C2CCCC2)c2ccccc21. The number of nitrogens with zero attached hydrogens (tertiary/aromatic N) is 2. The normalized spacial score (nSPS) is 18.2. The smallest absolute Gasteiger partial charge is 0.0706 e. The zero-order valence-electron chi connectivity index (χ0n) is 11.5. The molecule has 1 fully saturated rings. The fourth-order valence-corrected chi connectivity index (χ4v) is 4.22. The summed E-state index contributed by atoms with van der Waals surface area (Å²) in [4.78, 5) is 0. The molecule has 0 radical (unpaired) electrons. The highest BCUT2D eigenvalue weighted by Crippen LogP contribution is 2.35. The quantitative estimate of drug-likeness (QED) is 0.767. The van der Waals surface area contributed by atoms with E-state index in [1.807, 2.05) is 11.7 Å². The first-order valence-corrected chi connectivity index (χ1v) is 8.38. The summed E-state index contributed by atoms with van der Waals surface area (Å²) in [5.74, 6) is 1.63. The van der Waals surface area contributed by atoms with Gasteiger partial charge in [0.15, 0.2) is 0 Å². The van der Waals surface area contributed by atoms with E-state index in [2.05, 4.69) is 40.2 Å². The van der Waals surface area contributed by atoms with Gasteiger partial charge in [0.25, 0.3) is 0 Å². The van der Waals surface area contributed by atoms with Gasteiger partial charge in [0, 0.05) is 17.8 Å². The number of hydrogen-bond donors (Lipinski definition) is 0. The first-order chi connectivity index (χ1) is 9.29. The van der Waals surface area contributed by atoms with Crippen molar-refractivity contribution in [3.63, 3.8) is 0 Å². The molecule has 0 bridgehead atoms. The molecule has 1 heterocycles. The van der Waals surface area contributed by atoms with Crippen LogP contribution in [0, 0.1) is 11.8 Å². The Morgan fingerprint density at radius 1 is 1.32 bits per heavy atom. The van der Waals surface area contributed by atoms with Crippen LogP contribution < -0.4 is 0 Å². The largest absolute Gasteiger partial charge is 0.268 e. The first kappa shape index (κ1) is 13.2. The van der Waals surface area contributed by atoms with E-state index < -0.39 is 0 Å². The van der Waals surface area contributed by atoms with E-state index in [9.17, 15) is 0 Å². The van der Waals surface area contributed by atoms with E-state index in [0.29, 0.717) is 0 Å². The monoisotopic (exact) mass is 320 g/mol. The van der Waals surface area contributed by atoms with Crippen molar-refractivity contribution in [2.75, 3.05) is 5.33 Å². The van der Waals surface area contributed by atoms with Gasteiger partial charge < -0.3 is 0 Å². The highest BCUT2D eigenvalue weighted by Gasteiger charge is 2.25. The Morgan fingerprint density at radius 3 is 2.79 bits per heavy atom. The Hall–Kier alpha value is -0.830. The molecule has 1 atom stereocenters. The van der Waals surface area contributed by atoms with Crippen LogP contribution >= 0.6 is 15.9 Å². The molecular weight excluding hydrogens is 300 g/mol. The van der Waals surface area contributed by atoms with Gasteiger partial charge in [-0.05, 0) is 24.3 Å². The van der Waals surface area contributed by atoms with Crippen LogP contribution in [0.2, 0.25) is 0 Å². The lowest BCUT2D eigenvalue weighted by Crippen LogP contribution is -2.16. The van der Waals surface area contributed by atoms with Gasteiger partial charge in [-0.1, -0.05) is 59.8 Å². The van der Waals surface area contributed by atoms with Gasteiger partial charge in [0.1, 0.15) is 0 Å². The van der Waals surface area contributed by atoms with Crippen molar-refractivity contribution in [3.8, 4) is 0 Å². The van der Waals surface area contributed by atoms with E-state index in [0.717, 1.165) is 23.6 Å². The molecule has 1 aromatic carbocycles. The van der Waals surface area contributed by atoms with Gasteiger partial charge in [-0.15, -0.1) is 0 Å². The van der Waals surface area contributed by atoms with Crippen molar-refractivity contribution in [1.82, 2.24) is 9.78 Å². The van der Waals surface area contributed by atoms with Crippen molar-refractivity contribution in [1.29, 1.82) is 0 Å². The lowest BCUT2D eigenvalue weighted by atomic mass is 9.88. The lowest BCUT2D eigenvalue weighted by Gasteiger charge is -2.20. The number of alkyl halides is 1. The molecule has 19 heavy (non-hydrogen) atoms. The van der Waals surface area contributed by atoms with E-state index in [4.69, 9.17) is 5.10 Å². The average molecular weight is 321 g/mol. The summed E-state index contributed by atoms with van der Waals surface area (Å²) >= 11 is 3.72. The van der Waals surface area contributed by atoms with Crippen LogP contribution in [0.1, 0.15) is 31.4 Å². The van der Waals surface area contributed by atoms with E-state index >= 15 is 0 Å². The number of hydrogen-bond acceptors (Lipinski definition) is 1. The zero-order valence-corrected chi connectivity index (χ0v) is 13.1. The van der Waals surface area contributed by atoms with Crippen molar-refractivity contribution in [2.45, 2.75) is 32.1 Å². The van der Waals surface area contributed by atoms with Crippen LogP contribution in [0.5, 0.6) is 0 Å². The van der Waals surface area contributed by atoms with Gasteiger partial charge in [0.05, 0.1) is 11.2 Å². The second kappa shape index (κ2) is 5.66. The van der Waals surface area contributed by atoms with Crippen molar-refractivity contribution >= 4 is 26.8 Å². The molecule has 3 heteroatoms. The van der Waals surface area contributed by atoms with Gasteiger partial charge in [-0.2, -0.15) is 5.10 Å². The van der Waals surface area contributed by atoms with E-state index in [-0.39, 0.29) is 0 Å². The number of aromatic nitrogens is 2. The molecule has 1 saturated carbocycles. The number of aryl methyl sites for hydroxylation is 1. The average Bonchev–Trinajstić information content (AvgIpc) is 3.06. The van der Waals surface area contributed by atoms with Crippen LogP contribution in [0.3, 0.4) is 0 Å². The molecule has 1 aliphatic carbocycles. The lowest BCUT2D eigenvalue weighted by molar-refractivity contribution is 0.370. The molecular formula is C16H21BrN2.